The van der Waals surface area contributed by atoms with Crippen LogP contribution in [0.3, 0.4) is 0 Å². The first-order chi connectivity index (χ1) is 17.0. The van der Waals surface area contributed by atoms with Crippen LogP contribution < -0.4 is 21.7 Å². The van der Waals surface area contributed by atoms with Crippen molar-refractivity contribution in [2.75, 3.05) is 25.0 Å². The number of amidine groups is 1. The first-order valence-corrected chi connectivity index (χ1v) is 11.4. The van der Waals surface area contributed by atoms with Crippen LogP contribution in [0, 0.1) is 5.41 Å². The van der Waals surface area contributed by atoms with Gasteiger partial charge in [0.15, 0.2) is 0 Å². The summed E-state index contributed by atoms with van der Waals surface area (Å²) in [7, 11) is 0. The van der Waals surface area contributed by atoms with Crippen molar-refractivity contribution in [3.63, 3.8) is 0 Å². The molecule has 3 rings (SSSR count). The van der Waals surface area contributed by atoms with Gasteiger partial charge in [-0.05, 0) is 29.7 Å². The molecule has 0 fully saturated rings. The zero-order valence-corrected chi connectivity index (χ0v) is 20.6. The Hall–Kier alpha value is -3.88. The third-order valence-electron chi connectivity index (χ3n) is 5.60. The molecule has 0 aliphatic carbocycles. The van der Waals surface area contributed by atoms with Gasteiger partial charge in [-0.15, -0.1) is 12.4 Å². The molecule has 1 unspecified atom stereocenters. The van der Waals surface area contributed by atoms with E-state index in [4.69, 9.17) is 11.1 Å². The lowest BCUT2D eigenvalue weighted by atomic mass is 9.88. The van der Waals surface area contributed by atoms with E-state index in [-0.39, 0.29) is 36.6 Å². The Kier molecular flexibility index (Phi) is 11.4. The van der Waals surface area contributed by atoms with Crippen LogP contribution in [0.25, 0.3) is 0 Å². The molecule has 0 saturated carbocycles. The second-order valence-corrected chi connectivity index (χ2v) is 8.10. The summed E-state index contributed by atoms with van der Waals surface area (Å²) in [5.41, 5.74) is 8.87. The Morgan fingerprint density at radius 2 is 1.50 bits per heavy atom. The molecule has 0 radical (unpaired) electrons. The molecule has 7 N–H and O–H groups in total. The van der Waals surface area contributed by atoms with Crippen LogP contribution in [0.5, 0.6) is 0 Å². The number of anilines is 1. The number of carbonyl (C=O) groups excluding carboxylic acids is 2. The minimum Gasteiger partial charge on any atom is -0.394 e. The van der Waals surface area contributed by atoms with Gasteiger partial charge >= 0.3 is 0 Å². The van der Waals surface area contributed by atoms with Crippen molar-refractivity contribution in [2.24, 2.45) is 5.73 Å². The van der Waals surface area contributed by atoms with E-state index < -0.39 is 18.6 Å². The fourth-order valence-corrected chi connectivity index (χ4v) is 3.78. The molecule has 36 heavy (non-hydrogen) atoms. The minimum absolute atomic E-state index is 0. The van der Waals surface area contributed by atoms with Gasteiger partial charge < -0.3 is 26.8 Å². The van der Waals surface area contributed by atoms with Gasteiger partial charge in [-0.3, -0.25) is 15.0 Å². The summed E-state index contributed by atoms with van der Waals surface area (Å²) < 4.78 is 0. The van der Waals surface area contributed by atoms with E-state index in [9.17, 15) is 14.7 Å². The highest BCUT2D eigenvalue weighted by Crippen LogP contribution is 2.27. The summed E-state index contributed by atoms with van der Waals surface area (Å²) in [5, 5.41) is 25.5. The second kappa shape index (κ2) is 14.5. The molecule has 0 aliphatic rings. The number of amides is 2. The average Bonchev–Trinajstić information content (AvgIpc) is 2.89. The van der Waals surface area contributed by atoms with Gasteiger partial charge in [0.1, 0.15) is 11.9 Å². The maximum Gasteiger partial charge on any atom is 0.245 e. The van der Waals surface area contributed by atoms with Crippen molar-refractivity contribution < 1.29 is 14.7 Å². The van der Waals surface area contributed by atoms with E-state index in [1.807, 2.05) is 36.4 Å². The van der Waals surface area contributed by atoms with Crippen LogP contribution in [0.2, 0.25) is 0 Å². The summed E-state index contributed by atoms with van der Waals surface area (Å²) in [4.78, 5) is 24.8. The summed E-state index contributed by atoms with van der Waals surface area (Å²) >= 11 is 0. The molecule has 0 saturated heterocycles. The quantitative estimate of drug-likeness (QED) is 0.164. The molecule has 8 nitrogen and oxygen atoms in total. The molecule has 3 aromatic carbocycles. The molecule has 190 valence electrons. The average molecular weight is 510 g/mol. The molecule has 1 atom stereocenters. The predicted molar refractivity (Wildman–Crippen MR) is 145 cm³/mol. The van der Waals surface area contributed by atoms with Gasteiger partial charge in [-0.1, -0.05) is 72.8 Å². The van der Waals surface area contributed by atoms with E-state index in [1.54, 1.807) is 24.3 Å². The maximum atomic E-state index is 12.5. The van der Waals surface area contributed by atoms with Crippen molar-refractivity contribution in [1.82, 2.24) is 10.6 Å². The van der Waals surface area contributed by atoms with Crippen LogP contribution in [0.1, 0.15) is 29.0 Å². The number of nitrogens with one attached hydrogen (secondary N) is 4. The highest BCUT2D eigenvalue weighted by Gasteiger charge is 2.19. The van der Waals surface area contributed by atoms with Crippen molar-refractivity contribution in [1.29, 1.82) is 5.41 Å². The number of halogens is 1. The van der Waals surface area contributed by atoms with Crippen molar-refractivity contribution in [3.8, 4) is 0 Å². The van der Waals surface area contributed by atoms with Gasteiger partial charge in [0, 0.05) is 23.7 Å². The van der Waals surface area contributed by atoms with Crippen molar-refractivity contribution in [2.45, 2.75) is 18.4 Å². The zero-order valence-electron chi connectivity index (χ0n) is 19.8. The smallest absolute Gasteiger partial charge is 0.245 e. The number of hydrogen-bond acceptors (Lipinski definition) is 5. The number of aliphatic hydroxyl groups excluding tert-OH is 1. The molecular weight excluding hydrogens is 478 g/mol. The third-order valence-corrected chi connectivity index (χ3v) is 5.60. The summed E-state index contributed by atoms with van der Waals surface area (Å²) in [6, 6.07) is 26.0. The van der Waals surface area contributed by atoms with Gasteiger partial charge in [0.25, 0.3) is 0 Å². The summed E-state index contributed by atoms with van der Waals surface area (Å²) in [6.07, 6.45) is 0.709. The molecular formula is C27H32ClN5O3. The third kappa shape index (κ3) is 8.41. The molecule has 9 heteroatoms. The van der Waals surface area contributed by atoms with Crippen molar-refractivity contribution in [3.05, 3.63) is 102 Å². The standard InChI is InChI=1S/C27H31N5O3.ClH/c28-26(29)21-12-7-13-22(16-21)32-24(18-33)27(35)31-17-25(34)30-15-14-23(19-8-3-1-4-9-19)20-10-5-2-6-11-20;/h1-13,16,23-24,32-33H,14-15,17-18H2,(H3,28,29)(H,30,34)(H,31,35);1H. The molecule has 2 amide bonds. The number of aliphatic hydroxyl groups is 1. The van der Waals surface area contributed by atoms with Crippen molar-refractivity contribution >= 4 is 35.7 Å². The van der Waals surface area contributed by atoms with Crippen LogP contribution in [0.15, 0.2) is 84.9 Å². The lowest BCUT2D eigenvalue weighted by molar-refractivity contribution is -0.127. The molecule has 0 heterocycles. The fourth-order valence-electron chi connectivity index (χ4n) is 3.78. The SMILES string of the molecule is Cl.N=C(N)c1cccc(NC(CO)C(=O)NCC(=O)NCCC(c2ccccc2)c2ccccc2)c1. The van der Waals surface area contributed by atoms with Crippen LogP contribution >= 0.6 is 12.4 Å². The summed E-state index contributed by atoms with van der Waals surface area (Å²) in [5.74, 6) is -0.783. The fraction of sp³-hybridized carbons (Fsp3) is 0.222. The molecule has 0 bridgehead atoms. The zero-order chi connectivity index (χ0) is 25.0. The monoisotopic (exact) mass is 509 g/mol. The Labute approximate surface area is 217 Å². The molecule has 0 spiro atoms. The van der Waals surface area contributed by atoms with E-state index in [0.29, 0.717) is 24.2 Å². The predicted octanol–water partition coefficient (Wildman–Crippen LogP) is 2.62. The number of hydrogen-bond donors (Lipinski definition) is 6. The molecule has 3 aromatic rings. The van der Waals surface area contributed by atoms with E-state index in [1.165, 1.54) is 11.1 Å². The van der Waals surface area contributed by atoms with Crippen LogP contribution in [-0.2, 0) is 9.59 Å². The number of nitrogens with two attached hydrogens (primary N) is 1. The topological polar surface area (TPSA) is 140 Å². The van der Waals surface area contributed by atoms with Gasteiger partial charge in [0.2, 0.25) is 11.8 Å². The number of nitrogen functional groups attached to an aromatic ring is 1. The van der Waals surface area contributed by atoms with Crippen LogP contribution in [0.4, 0.5) is 5.69 Å². The Morgan fingerprint density at radius 3 is 2.06 bits per heavy atom. The lowest BCUT2D eigenvalue weighted by Gasteiger charge is -2.19. The van der Waals surface area contributed by atoms with E-state index in [0.717, 1.165) is 0 Å². The van der Waals surface area contributed by atoms with Crippen LogP contribution in [-0.4, -0.2) is 48.5 Å². The Bertz CT molecular complexity index is 1090. The van der Waals surface area contributed by atoms with Gasteiger partial charge in [-0.25, -0.2) is 0 Å². The lowest BCUT2D eigenvalue weighted by Crippen LogP contribution is -2.46. The molecule has 0 aromatic heterocycles. The number of rotatable bonds is 12. The maximum absolute atomic E-state index is 12.5. The molecule has 0 aliphatic heterocycles. The number of benzene rings is 3. The minimum atomic E-state index is -0.953. The highest BCUT2D eigenvalue weighted by atomic mass is 35.5. The van der Waals surface area contributed by atoms with Gasteiger partial charge in [0.05, 0.1) is 13.2 Å². The van der Waals surface area contributed by atoms with E-state index in [2.05, 4.69) is 40.2 Å². The Balaban J connectivity index is 0.00000456. The summed E-state index contributed by atoms with van der Waals surface area (Å²) in [6.45, 7) is -0.220. The van der Waals surface area contributed by atoms with E-state index >= 15 is 0 Å². The first kappa shape index (κ1) is 28.4. The highest BCUT2D eigenvalue weighted by molar-refractivity contribution is 5.96. The second-order valence-electron chi connectivity index (χ2n) is 8.10. The van der Waals surface area contributed by atoms with Gasteiger partial charge in [-0.2, -0.15) is 0 Å². The Morgan fingerprint density at radius 1 is 0.889 bits per heavy atom. The largest absolute Gasteiger partial charge is 0.394 e. The normalized spacial score (nSPS) is 11.2. The first-order valence-electron chi connectivity index (χ1n) is 11.4. The number of carbonyl (C=O) groups is 2.